The number of carbonyl (C=O) groups is 1. The monoisotopic (exact) mass is 230 g/mol. The molecule has 4 heteroatoms. The zero-order chi connectivity index (χ0) is 10.4. The Bertz CT molecular complexity index is 321. The predicted octanol–water partition coefficient (Wildman–Crippen LogP) is 2.43. The first-order chi connectivity index (χ1) is 6.74. The van der Waals surface area contributed by atoms with Gasteiger partial charge in [0.25, 0.3) is 0 Å². The summed E-state index contributed by atoms with van der Waals surface area (Å²) in [6.45, 7) is 0. The van der Waals surface area contributed by atoms with Gasteiger partial charge in [-0.1, -0.05) is 11.6 Å². The van der Waals surface area contributed by atoms with E-state index in [9.17, 15) is 9.00 Å². The van der Waals surface area contributed by atoms with E-state index in [1.54, 1.807) is 24.3 Å². The van der Waals surface area contributed by atoms with Crippen molar-refractivity contribution in [2.75, 3.05) is 5.75 Å². The van der Waals surface area contributed by atoms with Gasteiger partial charge in [0.1, 0.15) is 6.29 Å². The van der Waals surface area contributed by atoms with E-state index in [1.807, 2.05) is 0 Å². The highest BCUT2D eigenvalue weighted by molar-refractivity contribution is 7.85. The van der Waals surface area contributed by atoms with Crippen molar-refractivity contribution in [3.63, 3.8) is 0 Å². The summed E-state index contributed by atoms with van der Waals surface area (Å²) in [6.07, 6.45) is 1.98. The van der Waals surface area contributed by atoms with Crippen LogP contribution in [0.1, 0.15) is 12.8 Å². The van der Waals surface area contributed by atoms with Crippen molar-refractivity contribution in [2.45, 2.75) is 17.7 Å². The molecule has 0 aliphatic rings. The Kier molecular flexibility index (Phi) is 4.84. The quantitative estimate of drug-likeness (QED) is 0.575. The summed E-state index contributed by atoms with van der Waals surface area (Å²) < 4.78 is 11.6. The number of halogens is 1. The van der Waals surface area contributed by atoms with Gasteiger partial charge < -0.3 is 4.79 Å². The van der Waals surface area contributed by atoms with Crippen LogP contribution in [0.2, 0.25) is 5.02 Å². The second-order valence-corrected chi connectivity index (χ2v) is 4.82. The minimum atomic E-state index is -1.01. The molecule has 0 saturated carbocycles. The molecule has 0 amide bonds. The lowest BCUT2D eigenvalue weighted by Gasteiger charge is -2.00. The van der Waals surface area contributed by atoms with Gasteiger partial charge in [-0.25, -0.2) is 0 Å². The second-order valence-electron chi connectivity index (χ2n) is 2.81. The first-order valence-corrected chi connectivity index (χ1v) is 6.01. The van der Waals surface area contributed by atoms with E-state index in [0.717, 1.165) is 11.2 Å². The third-order valence-corrected chi connectivity index (χ3v) is 3.44. The molecule has 1 aromatic rings. The summed E-state index contributed by atoms with van der Waals surface area (Å²) in [5, 5.41) is 0.638. The Hall–Kier alpha value is -0.670. The fourth-order valence-electron chi connectivity index (χ4n) is 1.00. The fourth-order valence-corrected chi connectivity index (χ4v) is 2.23. The van der Waals surface area contributed by atoms with Crippen molar-refractivity contribution in [3.8, 4) is 0 Å². The van der Waals surface area contributed by atoms with Crippen LogP contribution in [0, 0.1) is 0 Å². The van der Waals surface area contributed by atoms with Crippen LogP contribution in [-0.2, 0) is 15.6 Å². The van der Waals surface area contributed by atoms with Gasteiger partial charge in [-0.3, -0.25) is 4.21 Å². The molecule has 0 N–H and O–H groups in total. The maximum Gasteiger partial charge on any atom is 0.120 e. The van der Waals surface area contributed by atoms with E-state index >= 15 is 0 Å². The van der Waals surface area contributed by atoms with Gasteiger partial charge in [0.15, 0.2) is 0 Å². The number of rotatable bonds is 5. The summed E-state index contributed by atoms with van der Waals surface area (Å²) in [5.41, 5.74) is 0. The molecule has 2 nitrogen and oxygen atoms in total. The van der Waals surface area contributed by atoms with Crippen LogP contribution < -0.4 is 0 Å². The van der Waals surface area contributed by atoms with Crippen molar-refractivity contribution in [1.82, 2.24) is 0 Å². The molecule has 1 aromatic carbocycles. The van der Waals surface area contributed by atoms with E-state index in [2.05, 4.69) is 0 Å². The van der Waals surface area contributed by atoms with Crippen molar-refractivity contribution < 1.29 is 9.00 Å². The zero-order valence-electron chi connectivity index (χ0n) is 7.61. The molecule has 0 bridgehead atoms. The summed E-state index contributed by atoms with van der Waals surface area (Å²) in [4.78, 5) is 10.8. The van der Waals surface area contributed by atoms with Crippen LogP contribution in [0.4, 0.5) is 0 Å². The molecule has 1 atom stereocenters. The molecule has 76 valence electrons. The van der Waals surface area contributed by atoms with E-state index in [4.69, 9.17) is 11.6 Å². The van der Waals surface area contributed by atoms with Crippen LogP contribution in [-0.4, -0.2) is 16.2 Å². The van der Waals surface area contributed by atoms with Crippen LogP contribution in [0.25, 0.3) is 0 Å². The average Bonchev–Trinajstić information content (AvgIpc) is 2.19. The molecule has 14 heavy (non-hydrogen) atoms. The number of unbranched alkanes of at least 4 members (excludes halogenated alkanes) is 1. The van der Waals surface area contributed by atoms with Gasteiger partial charge in [0, 0.05) is 22.1 Å². The molecule has 1 unspecified atom stereocenters. The average molecular weight is 231 g/mol. The highest BCUT2D eigenvalue weighted by atomic mass is 35.5. The summed E-state index contributed by atoms with van der Waals surface area (Å²) in [5.74, 6) is 0.528. The molecule has 0 aliphatic carbocycles. The van der Waals surface area contributed by atoms with Crippen molar-refractivity contribution in [2.24, 2.45) is 0 Å². The topological polar surface area (TPSA) is 34.1 Å². The molecular formula is C10H11ClO2S. The molecule has 1 rings (SSSR count). The van der Waals surface area contributed by atoms with Gasteiger partial charge >= 0.3 is 0 Å². The van der Waals surface area contributed by atoms with E-state index in [0.29, 0.717) is 23.6 Å². The van der Waals surface area contributed by atoms with Gasteiger partial charge in [-0.2, -0.15) is 0 Å². The molecule has 0 fully saturated rings. The third kappa shape index (κ3) is 3.60. The van der Waals surface area contributed by atoms with Crippen LogP contribution in [0.15, 0.2) is 29.2 Å². The first kappa shape index (κ1) is 11.4. The van der Waals surface area contributed by atoms with Gasteiger partial charge in [0.2, 0.25) is 0 Å². The standard InChI is InChI=1S/C10H11ClO2S/c11-9-3-5-10(6-4-9)14(13)8-2-1-7-12/h3-7H,1-2,8H2. The Morgan fingerprint density at radius 1 is 1.29 bits per heavy atom. The van der Waals surface area contributed by atoms with Gasteiger partial charge in [0.05, 0.1) is 10.8 Å². The largest absolute Gasteiger partial charge is 0.303 e. The summed E-state index contributed by atoms with van der Waals surface area (Å²) in [6, 6.07) is 6.93. The number of benzene rings is 1. The van der Waals surface area contributed by atoms with Crippen LogP contribution in [0.3, 0.4) is 0 Å². The maximum absolute atomic E-state index is 11.6. The highest BCUT2D eigenvalue weighted by Gasteiger charge is 2.02. The molecule has 0 saturated heterocycles. The summed E-state index contributed by atoms with van der Waals surface area (Å²) in [7, 11) is -1.01. The Labute approximate surface area is 90.7 Å². The second kappa shape index (κ2) is 5.94. The van der Waals surface area contributed by atoms with Crippen LogP contribution >= 0.6 is 11.6 Å². The van der Waals surface area contributed by atoms with Crippen molar-refractivity contribution >= 4 is 28.7 Å². The minimum Gasteiger partial charge on any atom is -0.303 e. The van der Waals surface area contributed by atoms with E-state index in [-0.39, 0.29) is 0 Å². The van der Waals surface area contributed by atoms with E-state index in [1.165, 1.54) is 0 Å². The van der Waals surface area contributed by atoms with E-state index < -0.39 is 10.8 Å². The Morgan fingerprint density at radius 2 is 1.93 bits per heavy atom. The molecule has 0 aromatic heterocycles. The zero-order valence-corrected chi connectivity index (χ0v) is 9.18. The van der Waals surface area contributed by atoms with Crippen molar-refractivity contribution in [1.29, 1.82) is 0 Å². The SMILES string of the molecule is O=CCCCS(=O)c1ccc(Cl)cc1. The molecule has 0 heterocycles. The fraction of sp³-hybridized carbons (Fsp3) is 0.300. The Balaban J connectivity index is 2.52. The lowest BCUT2D eigenvalue weighted by atomic mass is 10.4. The van der Waals surface area contributed by atoms with Gasteiger partial charge in [-0.05, 0) is 30.7 Å². The molecule has 0 spiro atoms. The first-order valence-electron chi connectivity index (χ1n) is 4.31. The van der Waals surface area contributed by atoms with Gasteiger partial charge in [-0.15, -0.1) is 0 Å². The minimum absolute atomic E-state index is 0.472. The lowest BCUT2D eigenvalue weighted by Crippen LogP contribution is -1.98. The predicted molar refractivity (Wildman–Crippen MR) is 58.0 cm³/mol. The smallest absolute Gasteiger partial charge is 0.120 e. The van der Waals surface area contributed by atoms with Crippen LogP contribution in [0.5, 0.6) is 0 Å². The maximum atomic E-state index is 11.6. The number of hydrogen-bond donors (Lipinski definition) is 0. The third-order valence-electron chi connectivity index (χ3n) is 1.73. The normalized spacial score (nSPS) is 12.4. The highest BCUT2D eigenvalue weighted by Crippen LogP contribution is 2.13. The Morgan fingerprint density at radius 3 is 2.50 bits per heavy atom. The number of aldehydes is 1. The molecular weight excluding hydrogens is 220 g/mol. The summed E-state index contributed by atoms with van der Waals surface area (Å²) >= 11 is 5.70. The number of hydrogen-bond acceptors (Lipinski definition) is 2. The molecule has 0 aliphatic heterocycles. The lowest BCUT2D eigenvalue weighted by molar-refractivity contribution is -0.107. The molecule has 0 radical (unpaired) electrons. The van der Waals surface area contributed by atoms with Crippen molar-refractivity contribution in [3.05, 3.63) is 29.3 Å². The number of carbonyl (C=O) groups excluding carboxylic acids is 1.